The first kappa shape index (κ1) is 11.9. The summed E-state index contributed by atoms with van der Waals surface area (Å²) in [4.78, 5) is 4.24. The third-order valence-corrected chi connectivity index (χ3v) is 2.82. The van der Waals surface area contributed by atoms with Gasteiger partial charge in [-0.2, -0.15) is 4.98 Å². The van der Waals surface area contributed by atoms with Gasteiger partial charge in [0.15, 0.2) is 0 Å². The second-order valence-electron chi connectivity index (χ2n) is 4.17. The molecule has 1 atom stereocenters. The van der Waals surface area contributed by atoms with Crippen molar-refractivity contribution in [2.24, 2.45) is 0 Å². The van der Waals surface area contributed by atoms with E-state index in [1.165, 1.54) is 6.07 Å². The van der Waals surface area contributed by atoms with Crippen LogP contribution in [-0.4, -0.2) is 35.1 Å². The number of anilines is 1. The molecule has 2 heterocycles. The number of phenols is 1. The normalized spacial score (nSPS) is 19.5. The molecule has 0 bridgehead atoms. The minimum absolute atomic E-state index is 0.0190. The molecular weight excluding hydrogens is 250 g/mol. The molecule has 7 heteroatoms. The molecule has 2 aromatic rings. The Kier molecular flexibility index (Phi) is 3.06. The summed E-state index contributed by atoms with van der Waals surface area (Å²) in [5.74, 6) is 0.722. The lowest BCUT2D eigenvalue weighted by Crippen LogP contribution is -2.22. The number of nitrogens with two attached hydrogens (primary N) is 1. The summed E-state index contributed by atoms with van der Waals surface area (Å²) in [6.07, 6.45) is -0.311. The number of aromatic nitrogens is 2. The molecule has 1 aromatic heterocycles. The molecule has 0 spiro atoms. The highest BCUT2D eigenvalue weighted by Gasteiger charge is 2.22. The Morgan fingerprint density at radius 1 is 1.32 bits per heavy atom. The minimum atomic E-state index is -0.311. The molecule has 7 nitrogen and oxygen atoms in total. The van der Waals surface area contributed by atoms with Crippen LogP contribution in [0, 0.1) is 0 Å². The van der Waals surface area contributed by atoms with Crippen molar-refractivity contribution in [3.05, 3.63) is 24.0 Å². The number of phenolic OH excluding ortho intramolecular Hbond substituents is 1. The summed E-state index contributed by atoms with van der Waals surface area (Å²) in [5.41, 5.74) is 6.43. The fraction of sp³-hybridized carbons (Fsp3) is 0.333. The summed E-state index contributed by atoms with van der Waals surface area (Å²) in [6, 6.07) is 4.75. The Balaban J connectivity index is 1.85. The SMILES string of the molecule is Nc1ccc(-c2nc(C3COCCO3)no2)cc1O. The van der Waals surface area contributed by atoms with Crippen LogP contribution in [0.5, 0.6) is 5.75 Å². The smallest absolute Gasteiger partial charge is 0.258 e. The zero-order chi connectivity index (χ0) is 13.2. The van der Waals surface area contributed by atoms with E-state index in [-0.39, 0.29) is 11.9 Å². The van der Waals surface area contributed by atoms with Crippen LogP contribution in [0.4, 0.5) is 5.69 Å². The van der Waals surface area contributed by atoms with Crippen molar-refractivity contribution >= 4 is 5.69 Å². The van der Waals surface area contributed by atoms with Gasteiger partial charge in [0, 0.05) is 5.56 Å². The van der Waals surface area contributed by atoms with Crippen molar-refractivity contribution in [2.75, 3.05) is 25.6 Å². The van der Waals surface area contributed by atoms with Crippen LogP contribution in [0.3, 0.4) is 0 Å². The average Bonchev–Trinajstić information content (AvgIpc) is 2.93. The predicted molar refractivity (Wildman–Crippen MR) is 65.3 cm³/mol. The van der Waals surface area contributed by atoms with E-state index in [0.717, 1.165) is 0 Å². The van der Waals surface area contributed by atoms with E-state index in [1.54, 1.807) is 12.1 Å². The molecule has 1 fully saturated rings. The van der Waals surface area contributed by atoms with Gasteiger partial charge < -0.3 is 24.8 Å². The first-order valence-corrected chi connectivity index (χ1v) is 5.86. The first-order valence-electron chi connectivity index (χ1n) is 5.86. The first-order chi connectivity index (χ1) is 9.24. The Labute approximate surface area is 108 Å². The highest BCUT2D eigenvalue weighted by Crippen LogP contribution is 2.28. The maximum Gasteiger partial charge on any atom is 0.258 e. The fourth-order valence-electron chi connectivity index (χ4n) is 1.80. The summed E-state index contributed by atoms with van der Waals surface area (Å²) >= 11 is 0. The van der Waals surface area contributed by atoms with Crippen LogP contribution in [0.1, 0.15) is 11.9 Å². The monoisotopic (exact) mass is 263 g/mol. The van der Waals surface area contributed by atoms with Crippen LogP contribution < -0.4 is 5.73 Å². The number of rotatable bonds is 2. The lowest BCUT2D eigenvalue weighted by molar-refractivity contribution is -0.0941. The Morgan fingerprint density at radius 3 is 2.95 bits per heavy atom. The van der Waals surface area contributed by atoms with Gasteiger partial charge in [-0.15, -0.1) is 0 Å². The van der Waals surface area contributed by atoms with Gasteiger partial charge in [-0.1, -0.05) is 5.16 Å². The Hall–Kier alpha value is -2.12. The van der Waals surface area contributed by atoms with E-state index in [1.807, 2.05) is 0 Å². The molecule has 0 saturated carbocycles. The molecule has 19 heavy (non-hydrogen) atoms. The van der Waals surface area contributed by atoms with Crippen molar-refractivity contribution in [2.45, 2.75) is 6.10 Å². The van der Waals surface area contributed by atoms with Crippen LogP contribution in [0.25, 0.3) is 11.5 Å². The van der Waals surface area contributed by atoms with Gasteiger partial charge >= 0.3 is 0 Å². The molecule has 1 unspecified atom stereocenters. The second-order valence-corrected chi connectivity index (χ2v) is 4.17. The summed E-state index contributed by atoms with van der Waals surface area (Å²) in [6.45, 7) is 1.50. The predicted octanol–water partition coefficient (Wildman–Crippen LogP) is 1.11. The van der Waals surface area contributed by atoms with E-state index < -0.39 is 0 Å². The zero-order valence-corrected chi connectivity index (χ0v) is 10.1. The second kappa shape index (κ2) is 4.87. The molecular formula is C12H13N3O4. The van der Waals surface area contributed by atoms with Gasteiger partial charge in [0.05, 0.1) is 25.5 Å². The summed E-state index contributed by atoms with van der Waals surface area (Å²) in [7, 11) is 0. The zero-order valence-electron chi connectivity index (χ0n) is 10.1. The molecule has 3 rings (SSSR count). The number of ether oxygens (including phenoxy) is 2. The molecule has 100 valence electrons. The van der Waals surface area contributed by atoms with Crippen LogP contribution in [0.15, 0.2) is 22.7 Å². The topological polar surface area (TPSA) is 104 Å². The standard InChI is InChI=1S/C12H13N3O4/c13-8-2-1-7(5-9(8)16)12-14-11(15-19-12)10-6-17-3-4-18-10/h1-2,5,10,16H,3-4,6,13H2. The van der Waals surface area contributed by atoms with E-state index in [0.29, 0.717) is 42.8 Å². The lowest BCUT2D eigenvalue weighted by atomic mass is 10.2. The van der Waals surface area contributed by atoms with Gasteiger partial charge in [-0.25, -0.2) is 0 Å². The molecule has 3 N–H and O–H groups in total. The molecule has 1 saturated heterocycles. The Morgan fingerprint density at radius 2 is 2.21 bits per heavy atom. The number of benzene rings is 1. The minimum Gasteiger partial charge on any atom is -0.506 e. The molecule has 1 aliphatic rings. The number of nitrogens with zero attached hydrogens (tertiary/aromatic N) is 2. The molecule has 0 aliphatic carbocycles. The van der Waals surface area contributed by atoms with Crippen molar-refractivity contribution in [3.8, 4) is 17.2 Å². The van der Waals surface area contributed by atoms with Gasteiger partial charge in [0.2, 0.25) is 5.82 Å². The fourth-order valence-corrected chi connectivity index (χ4v) is 1.80. The van der Waals surface area contributed by atoms with Crippen molar-refractivity contribution < 1.29 is 19.1 Å². The van der Waals surface area contributed by atoms with Crippen LogP contribution in [0.2, 0.25) is 0 Å². The molecule has 0 amide bonds. The summed E-state index contributed by atoms with van der Waals surface area (Å²) < 4.78 is 15.9. The maximum atomic E-state index is 9.56. The lowest BCUT2D eigenvalue weighted by Gasteiger charge is -2.19. The third kappa shape index (κ3) is 2.38. The Bertz CT molecular complexity index is 578. The van der Waals surface area contributed by atoms with E-state index >= 15 is 0 Å². The van der Waals surface area contributed by atoms with Crippen molar-refractivity contribution in [1.82, 2.24) is 10.1 Å². The highest BCUT2D eigenvalue weighted by atomic mass is 16.6. The quantitative estimate of drug-likeness (QED) is 0.617. The third-order valence-electron chi connectivity index (χ3n) is 2.82. The molecule has 1 aromatic carbocycles. The average molecular weight is 263 g/mol. The molecule has 1 aliphatic heterocycles. The van der Waals surface area contributed by atoms with E-state index in [9.17, 15) is 5.11 Å². The van der Waals surface area contributed by atoms with Gasteiger partial charge in [0.1, 0.15) is 11.9 Å². The largest absolute Gasteiger partial charge is 0.506 e. The van der Waals surface area contributed by atoms with Crippen molar-refractivity contribution in [1.29, 1.82) is 0 Å². The van der Waals surface area contributed by atoms with Gasteiger partial charge in [-0.3, -0.25) is 0 Å². The van der Waals surface area contributed by atoms with Crippen LogP contribution >= 0.6 is 0 Å². The number of hydrogen-bond donors (Lipinski definition) is 2. The van der Waals surface area contributed by atoms with E-state index in [2.05, 4.69) is 10.1 Å². The van der Waals surface area contributed by atoms with Crippen LogP contribution in [-0.2, 0) is 9.47 Å². The van der Waals surface area contributed by atoms with E-state index in [4.69, 9.17) is 19.7 Å². The number of aromatic hydroxyl groups is 1. The van der Waals surface area contributed by atoms with Gasteiger partial charge in [-0.05, 0) is 18.2 Å². The van der Waals surface area contributed by atoms with Gasteiger partial charge in [0.25, 0.3) is 5.89 Å². The molecule has 0 radical (unpaired) electrons. The number of nitrogen functional groups attached to an aromatic ring is 1. The van der Waals surface area contributed by atoms with Crippen molar-refractivity contribution in [3.63, 3.8) is 0 Å². The summed E-state index contributed by atoms with van der Waals surface area (Å²) in [5, 5.41) is 13.4. The maximum absolute atomic E-state index is 9.56. The highest BCUT2D eigenvalue weighted by molar-refractivity contribution is 5.63. The number of hydrogen-bond acceptors (Lipinski definition) is 7.